The minimum atomic E-state index is -4.84. The molecule has 5 N–H and O–H groups in total. The third-order valence-electron chi connectivity index (χ3n) is 6.53. The van der Waals surface area contributed by atoms with Crippen molar-refractivity contribution in [3.05, 3.63) is 18.2 Å². The molecule has 2 aromatic rings. The highest BCUT2D eigenvalue weighted by molar-refractivity contribution is 7.46. The second kappa shape index (κ2) is 9.40. The molecule has 0 amide bonds. The summed E-state index contributed by atoms with van der Waals surface area (Å²) in [7, 11) is -7.88. The van der Waals surface area contributed by atoms with Crippen molar-refractivity contribution in [3.8, 4) is 0 Å². The Morgan fingerprint density at radius 2 is 2.03 bits per heavy atom. The minimum absolute atomic E-state index is 0.190. The van der Waals surface area contributed by atoms with Gasteiger partial charge in [0.1, 0.15) is 5.52 Å². The van der Waals surface area contributed by atoms with E-state index in [-0.39, 0.29) is 25.0 Å². The summed E-state index contributed by atoms with van der Waals surface area (Å²) in [5, 5.41) is 3.03. The van der Waals surface area contributed by atoms with Gasteiger partial charge in [-0.3, -0.25) is 9.05 Å². The molecule has 2 aliphatic carbocycles. The molecule has 13 nitrogen and oxygen atoms in total. The molecule has 4 atom stereocenters. The van der Waals surface area contributed by atoms with Crippen LogP contribution in [0.5, 0.6) is 0 Å². The number of imidazole rings is 1. The Labute approximate surface area is 196 Å². The molecule has 0 radical (unpaired) electrons. The summed E-state index contributed by atoms with van der Waals surface area (Å²) < 4.78 is 34.5. The van der Waals surface area contributed by atoms with Crippen LogP contribution in [-0.2, 0) is 18.2 Å². The predicted octanol–water partition coefficient (Wildman–Crippen LogP) is 2.61. The van der Waals surface area contributed by atoms with E-state index in [0.29, 0.717) is 29.2 Å². The van der Waals surface area contributed by atoms with Gasteiger partial charge in [-0.1, -0.05) is 25.8 Å². The topological polar surface area (TPSA) is 189 Å². The van der Waals surface area contributed by atoms with Gasteiger partial charge in [0.15, 0.2) is 17.3 Å². The van der Waals surface area contributed by atoms with Crippen LogP contribution in [0.1, 0.15) is 50.9 Å². The fourth-order valence-electron chi connectivity index (χ4n) is 4.88. The summed E-state index contributed by atoms with van der Waals surface area (Å²) in [5.74, 6) is 0.860. The van der Waals surface area contributed by atoms with E-state index in [9.17, 15) is 18.9 Å². The molecule has 188 valence electrons. The lowest BCUT2D eigenvalue weighted by Crippen LogP contribution is -2.26. The summed E-state index contributed by atoms with van der Waals surface area (Å²) in [6.07, 6.45) is 8.16. The Hall–Kier alpha value is -1.69. The van der Waals surface area contributed by atoms with Crippen molar-refractivity contribution in [1.29, 1.82) is 0 Å². The third kappa shape index (κ3) is 5.27. The number of hydrogen-bond donors (Lipinski definition) is 5. The van der Waals surface area contributed by atoms with E-state index in [0.717, 1.165) is 19.3 Å². The number of fused-ring (bicyclic) bond motifs is 2. The van der Waals surface area contributed by atoms with Crippen molar-refractivity contribution in [2.75, 3.05) is 19.0 Å². The van der Waals surface area contributed by atoms with Crippen molar-refractivity contribution in [2.45, 2.75) is 51.2 Å². The standard InChI is InChI=1S/C19H29N5O8P2/c1-3-4-5-6-7-15-22-17(20-2)16-18(23-15)24(11-21-16)13-8-14(32-34(28,29)30)19(9-12(13)19)10-31-33(25,26)27/h6-7,11-14H,3-5,8-10H2,1-2H3,(H,20,22,23)(H2,25,26,27)(H2,28,29,30)/b7-6+/t12-,13+,14+,19+/m1/s1. The lowest BCUT2D eigenvalue weighted by molar-refractivity contribution is 0.0499. The van der Waals surface area contributed by atoms with Gasteiger partial charge >= 0.3 is 15.6 Å². The van der Waals surface area contributed by atoms with E-state index < -0.39 is 27.2 Å². The molecule has 0 bridgehead atoms. The molecule has 15 heteroatoms. The van der Waals surface area contributed by atoms with E-state index in [1.807, 2.05) is 16.7 Å². The van der Waals surface area contributed by atoms with Crippen LogP contribution in [0.3, 0.4) is 0 Å². The van der Waals surface area contributed by atoms with Gasteiger partial charge in [0.25, 0.3) is 0 Å². The highest BCUT2D eigenvalue weighted by Gasteiger charge is 2.70. The Morgan fingerprint density at radius 1 is 1.26 bits per heavy atom. The van der Waals surface area contributed by atoms with Gasteiger partial charge in [0, 0.05) is 18.5 Å². The fourth-order valence-corrected chi connectivity index (χ4v) is 5.91. The molecule has 34 heavy (non-hydrogen) atoms. The number of aromatic nitrogens is 4. The first-order valence-electron chi connectivity index (χ1n) is 11.0. The molecular weight excluding hydrogens is 488 g/mol. The number of nitrogens with zero attached hydrogens (tertiary/aromatic N) is 4. The van der Waals surface area contributed by atoms with E-state index >= 15 is 0 Å². The van der Waals surface area contributed by atoms with Crippen LogP contribution in [0.4, 0.5) is 5.82 Å². The first-order valence-corrected chi connectivity index (χ1v) is 14.1. The highest BCUT2D eigenvalue weighted by Crippen LogP contribution is 2.71. The summed E-state index contributed by atoms with van der Waals surface area (Å²) in [4.78, 5) is 50.8. The molecular formula is C19H29N5O8P2. The molecule has 0 saturated heterocycles. The van der Waals surface area contributed by atoms with Crippen molar-refractivity contribution in [1.82, 2.24) is 19.5 Å². The van der Waals surface area contributed by atoms with Crippen molar-refractivity contribution in [2.24, 2.45) is 11.3 Å². The Kier molecular flexibility index (Phi) is 7.03. The van der Waals surface area contributed by atoms with Crippen LogP contribution in [0.25, 0.3) is 17.2 Å². The maximum absolute atomic E-state index is 11.6. The van der Waals surface area contributed by atoms with Gasteiger partial charge in [-0.05, 0) is 31.3 Å². The van der Waals surface area contributed by atoms with E-state index in [1.54, 1.807) is 13.4 Å². The molecule has 2 heterocycles. The van der Waals surface area contributed by atoms with Gasteiger partial charge in [0.2, 0.25) is 0 Å². The highest BCUT2D eigenvalue weighted by atomic mass is 31.2. The fraction of sp³-hybridized carbons (Fsp3) is 0.632. The van der Waals surface area contributed by atoms with Gasteiger partial charge in [-0.15, -0.1) is 0 Å². The molecule has 0 unspecified atom stereocenters. The molecule has 2 fully saturated rings. The zero-order valence-corrected chi connectivity index (χ0v) is 20.6. The van der Waals surface area contributed by atoms with E-state index in [1.165, 1.54) is 0 Å². The minimum Gasteiger partial charge on any atom is -0.371 e. The monoisotopic (exact) mass is 517 g/mol. The molecule has 2 aliphatic rings. The van der Waals surface area contributed by atoms with Gasteiger partial charge in [-0.2, -0.15) is 0 Å². The van der Waals surface area contributed by atoms with Gasteiger partial charge in [-0.25, -0.2) is 24.1 Å². The lowest BCUT2D eigenvalue weighted by atomic mass is 10.0. The van der Waals surface area contributed by atoms with E-state index in [2.05, 4.69) is 27.2 Å². The largest absolute Gasteiger partial charge is 0.469 e. The molecule has 0 spiro atoms. The normalized spacial score (nSPS) is 26.9. The van der Waals surface area contributed by atoms with Gasteiger partial charge in [0.05, 0.1) is 19.0 Å². The SMILES string of the molecule is CCCC/C=C/c1nc(NC)c2ncn([C@H]3C[C@H](OP(=O)(O)O)[C@]4(COP(=O)(O)O)C[C@H]34)c2n1. The second-order valence-electron chi connectivity index (χ2n) is 8.74. The molecule has 0 aromatic carbocycles. The molecule has 0 aliphatic heterocycles. The van der Waals surface area contributed by atoms with Crippen LogP contribution >= 0.6 is 15.6 Å². The van der Waals surface area contributed by atoms with Gasteiger partial charge < -0.3 is 29.5 Å². The zero-order valence-electron chi connectivity index (χ0n) is 18.8. The average Bonchev–Trinajstić information content (AvgIpc) is 3.22. The lowest BCUT2D eigenvalue weighted by Gasteiger charge is -2.24. The third-order valence-corrected chi connectivity index (χ3v) is 7.52. The van der Waals surface area contributed by atoms with Crippen molar-refractivity contribution < 1.29 is 37.8 Å². The second-order valence-corrected chi connectivity index (χ2v) is 11.2. The van der Waals surface area contributed by atoms with E-state index in [4.69, 9.17) is 18.8 Å². The number of anilines is 1. The smallest absolute Gasteiger partial charge is 0.371 e. The molecule has 4 rings (SSSR count). The Bertz CT molecular complexity index is 1180. The summed E-state index contributed by atoms with van der Waals surface area (Å²) in [6, 6.07) is -0.307. The van der Waals surface area contributed by atoms with Crippen LogP contribution in [0.15, 0.2) is 12.4 Å². The number of rotatable bonds is 11. The Morgan fingerprint density at radius 3 is 2.68 bits per heavy atom. The number of allylic oxidation sites excluding steroid dienone is 1. The van der Waals surface area contributed by atoms with Crippen LogP contribution in [0, 0.1) is 11.3 Å². The summed E-state index contributed by atoms with van der Waals surface area (Å²) in [5.41, 5.74) is 0.170. The predicted molar refractivity (Wildman–Crippen MR) is 123 cm³/mol. The van der Waals surface area contributed by atoms with Crippen molar-refractivity contribution >= 4 is 38.7 Å². The summed E-state index contributed by atoms with van der Waals surface area (Å²) in [6.45, 7) is 1.74. The van der Waals surface area contributed by atoms with Crippen LogP contribution < -0.4 is 5.32 Å². The maximum Gasteiger partial charge on any atom is 0.469 e. The summed E-state index contributed by atoms with van der Waals surface area (Å²) >= 11 is 0. The quantitative estimate of drug-likeness (QED) is 0.217. The zero-order chi connectivity index (χ0) is 24.7. The maximum atomic E-state index is 11.6. The number of hydrogen-bond acceptors (Lipinski definition) is 8. The molecule has 2 saturated carbocycles. The van der Waals surface area contributed by atoms with Crippen LogP contribution in [-0.4, -0.2) is 58.9 Å². The Balaban J connectivity index is 1.67. The number of phosphoric ester groups is 2. The van der Waals surface area contributed by atoms with Crippen molar-refractivity contribution in [3.63, 3.8) is 0 Å². The first kappa shape index (κ1) is 25.4. The first-order chi connectivity index (χ1) is 16.0. The van der Waals surface area contributed by atoms with Crippen LogP contribution in [0.2, 0.25) is 0 Å². The average molecular weight is 517 g/mol. The number of phosphoric acid groups is 2. The number of nitrogens with one attached hydrogen (secondary N) is 1. The number of unbranched alkanes of at least 4 members (excludes halogenated alkanes) is 2. The molecule has 2 aromatic heterocycles.